The third-order valence-electron chi connectivity index (χ3n) is 5.07. The molecule has 0 spiro atoms. The zero-order valence-corrected chi connectivity index (χ0v) is 15.9. The molecule has 0 atom stereocenters. The maximum absolute atomic E-state index is 5.52. The quantitative estimate of drug-likeness (QED) is 0.511. The molecule has 1 aromatic carbocycles. The largest absolute Gasteiger partial charge is 0.381 e. The van der Waals surface area contributed by atoms with Gasteiger partial charge in [-0.2, -0.15) is 5.10 Å². The summed E-state index contributed by atoms with van der Waals surface area (Å²) in [6.07, 6.45) is 4.17. The van der Waals surface area contributed by atoms with Gasteiger partial charge in [0.25, 0.3) is 0 Å². The Morgan fingerprint density at radius 2 is 2.04 bits per heavy atom. The Morgan fingerprint density at radius 1 is 1.15 bits per heavy atom. The number of hydrogen-bond donors (Lipinski definition) is 0. The summed E-state index contributed by atoms with van der Waals surface area (Å²) in [6, 6.07) is 12.9. The van der Waals surface area contributed by atoms with Crippen LogP contribution in [0.2, 0.25) is 0 Å². The summed E-state index contributed by atoms with van der Waals surface area (Å²) in [5.41, 5.74) is 8.06. The van der Waals surface area contributed by atoms with Gasteiger partial charge >= 0.3 is 0 Å². The predicted molar refractivity (Wildman–Crippen MR) is 108 cm³/mol. The maximum Gasteiger partial charge on any atom is 0.119 e. The fourth-order valence-corrected chi connectivity index (χ4v) is 4.34. The molecule has 6 heteroatoms. The predicted octanol–water partition coefficient (Wildman–Crippen LogP) is 4.88. The van der Waals surface area contributed by atoms with Gasteiger partial charge in [0.15, 0.2) is 0 Å². The Kier molecular flexibility index (Phi) is 4.22. The second-order valence-electron chi connectivity index (χ2n) is 6.91. The standard InChI is InChI=1S/C21H20N4OS/c1-14-3-2-4-19(23-14)21-17(12-25(24-21)16-7-9-26-10-8-16)15-5-6-18-20(11-15)27-13-22-18/h2-6,11-13,16H,7-10H2,1H3. The molecular formula is C21H20N4OS. The van der Waals surface area contributed by atoms with E-state index >= 15 is 0 Å². The van der Waals surface area contributed by atoms with Crippen molar-refractivity contribution >= 4 is 21.6 Å². The van der Waals surface area contributed by atoms with Crippen LogP contribution in [0.25, 0.3) is 32.7 Å². The fraction of sp³-hybridized carbons (Fsp3) is 0.286. The van der Waals surface area contributed by atoms with Crippen LogP contribution in [0.3, 0.4) is 0 Å². The second-order valence-corrected chi connectivity index (χ2v) is 7.80. The van der Waals surface area contributed by atoms with Crippen LogP contribution in [-0.2, 0) is 4.74 Å². The van der Waals surface area contributed by atoms with Crippen LogP contribution in [0.15, 0.2) is 48.1 Å². The number of hydrogen-bond acceptors (Lipinski definition) is 5. The van der Waals surface area contributed by atoms with E-state index in [-0.39, 0.29) is 0 Å². The van der Waals surface area contributed by atoms with Crippen molar-refractivity contribution in [2.45, 2.75) is 25.8 Å². The third kappa shape index (κ3) is 3.15. The Bertz CT molecular complexity index is 1090. The molecule has 27 heavy (non-hydrogen) atoms. The van der Waals surface area contributed by atoms with Crippen molar-refractivity contribution in [3.8, 4) is 22.5 Å². The van der Waals surface area contributed by atoms with Crippen LogP contribution in [-0.4, -0.2) is 33.0 Å². The summed E-state index contributed by atoms with van der Waals surface area (Å²) >= 11 is 1.66. The number of rotatable bonds is 3. The molecule has 136 valence electrons. The van der Waals surface area contributed by atoms with Gasteiger partial charge in [0.05, 0.1) is 27.5 Å². The number of fused-ring (bicyclic) bond motifs is 1. The van der Waals surface area contributed by atoms with Crippen LogP contribution >= 0.6 is 11.3 Å². The van der Waals surface area contributed by atoms with Gasteiger partial charge in [0.2, 0.25) is 0 Å². The molecule has 0 aliphatic carbocycles. The van der Waals surface area contributed by atoms with Crippen LogP contribution in [0.4, 0.5) is 0 Å². The highest BCUT2D eigenvalue weighted by molar-refractivity contribution is 7.16. The summed E-state index contributed by atoms with van der Waals surface area (Å²) in [4.78, 5) is 9.13. The van der Waals surface area contributed by atoms with E-state index in [0.717, 1.165) is 59.8 Å². The first-order valence-corrected chi connectivity index (χ1v) is 10.1. The van der Waals surface area contributed by atoms with Crippen molar-refractivity contribution in [1.29, 1.82) is 0 Å². The summed E-state index contributed by atoms with van der Waals surface area (Å²) in [5, 5.41) is 4.98. The summed E-state index contributed by atoms with van der Waals surface area (Å²) in [5.74, 6) is 0. The van der Waals surface area contributed by atoms with Gasteiger partial charge in [-0.05, 0) is 49.6 Å². The number of benzene rings is 1. The maximum atomic E-state index is 5.52. The number of nitrogens with zero attached hydrogens (tertiary/aromatic N) is 4. The van der Waals surface area contributed by atoms with Crippen LogP contribution in [0, 0.1) is 6.92 Å². The topological polar surface area (TPSA) is 52.8 Å². The Hall–Kier alpha value is -2.57. The number of thiazole rings is 1. The van der Waals surface area contributed by atoms with Gasteiger partial charge in [0.1, 0.15) is 5.69 Å². The fourth-order valence-electron chi connectivity index (χ4n) is 3.63. The average molecular weight is 376 g/mol. The average Bonchev–Trinajstić information content (AvgIpc) is 3.35. The molecule has 1 saturated heterocycles. The van der Waals surface area contributed by atoms with Crippen molar-refractivity contribution in [3.63, 3.8) is 0 Å². The van der Waals surface area contributed by atoms with Crippen molar-refractivity contribution in [2.75, 3.05) is 13.2 Å². The Morgan fingerprint density at radius 3 is 2.89 bits per heavy atom. The van der Waals surface area contributed by atoms with Gasteiger partial charge < -0.3 is 4.74 Å². The zero-order chi connectivity index (χ0) is 18.2. The molecule has 4 heterocycles. The molecule has 3 aromatic heterocycles. The Labute approximate surface area is 161 Å². The normalized spacial score (nSPS) is 15.4. The van der Waals surface area contributed by atoms with E-state index in [2.05, 4.69) is 34.1 Å². The van der Waals surface area contributed by atoms with Gasteiger partial charge in [-0.15, -0.1) is 11.3 Å². The lowest BCUT2D eigenvalue weighted by molar-refractivity contribution is 0.0663. The van der Waals surface area contributed by atoms with E-state index in [9.17, 15) is 0 Å². The molecule has 0 saturated carbocycles. The minimum atomic E-state index is 0.378. The van der Waals surface area contributed by atoms with Gasteiger partial charge in [-0.25, -0.2) is 4.98 Å². The molecule has 0 radical (unpaired) electrons. The molecule has 5 rings (SSSR count). The minimum Gasteiger partial charge on any atom is -0.381 e. The first-order chi connectivity index (χ1) is 13.3. The molecular weight excluding hydrogens is 356 g/mol. The van der Waals surface area contributed by atoms with Crippen LogP contribution < -0.4 is 0 Å². The lowest BCUT2D eigenvalue weighted by Gasteiger charge is -2.22. The highest BCUT2D eigenvalue weighted by Crippen LogP contribution is 2.34. The molecule has 1 fully saturated rings. The second kappa shape index (κ2) is 6.87. The number of aryl methyl sites for hydroxylation is 1. The molecule has 5 nitrogen and oxygen atoms in total. The number of aromatic nitrogens is 4. The van der Waals surface area contributed by atoms with Crippen molar-refractivity contribution in [2.24, 2.45) is 0 Å². The smallest absolute Gasteiger partial charge is 0.119 e. The highest BCUT2D eigenvalue weighted by atomic mass is 32.1. The van der Waals surface area contributed by atoms with Gasteiger partial charge in [-0.3, -0.25) is 9.67 Å². The number of ether oxygens (including phenoxy) is 1. The van der Waals surface area contributed by atoms with E-state index < -0.39 is 0 Å². The third-order valence-corrected chi connectivity index (χ3v) is 5.86. The zero-order valence-electron chi connectivity index (χ0n) is 15.1. The highest BCUT2D eigenvalue weighted by Gasteiger charge is 2.21. The molecule has 0 N–H and O–H groups in total. The summed E-state index contributed by atoms with van der Waals surface area (Å²) in [7, 11) is 0. The monoisotopic (exact) mass is 376 g/mol. The molecule has 4 aromatic rings. The van der Waals surface area contributed by atoms with Crippen molar-refractivity contribution in [3.05, 3.63) is 53.8 Å². The Balaban J connectivity index is 1.66. The first kappa shape index (κ1) is 16.6. The van der Waals surface area contributed by atoms with E-state index in [1.165, 1.54) is 4.70 Å². The van der Waals surface area contributed by atoms with E-state index in [4.69, 9.17) is 14.8 Å². The lowest BCUT2D eigenvalue weighted by atomic mass is 10.0. The van der Waals surface area contributed by atoms with E-state index in [0.29, 0.717) is 6.04 Å². The van der Waals surface area contributed by atoms with Gasteiger partial charge in [0, 0.05) is 30.7 Å². The van der Waals surface area contributed by atoms with E-state index in [1.807, 2.05) is 30.6 Å². The van der Waals surface area contributed by atoms with Gasteiger partial charge in [-0.1, -0.05) is 12.1 Å². The van der Waals surface area contributed by atoms with Crippen molar-refractivity contribution < 1.29 is 4.74 Å². The summed E-state index contributed by atoms with van der Waals surface area (Å²) < 4.78 is 8.83. The first-order valence-electron chi connectivity index (χ1n) is 9.22. The lowest BCUT2D eigenvalue weighted by Crippen LogP contribution is -2.19. The van der Waals surface area contributed by atoms with E-state index in [1.54, 1.807) is 11.3 Å². The van der Waals surface area contributed by atoms with Crippen LogP contribution in [0.5, 0.6) is 0 Å². The van der Waals surface area contributed by atoms with Crippen molar-refractivity contribution in [1.82, 2.24) is 19.7 Å². The summed E-state index contributed by atoms with van der Waals surface area (Å²) in [6.45, 7) is 3.61. The number of pyridine rings is 1. The van der Waals surface area contributed by atoms with Crippen LogP contribution in [0.1, 0.15) is 24.6 Å². The SMILES string of the molecule is Cc1cccc(-c2nn(C3CCOCC3)cc2-c2ccc3ncsc3c2)n1. The molecule has 1 aliphatic heterocycles. The molecule has 0 unspecified atom stereocenters. The molecule has 1 aliphatic rings. The molecule has 0 amide bonds. The minimum absolute atomic E-state index is 0.378. The molecule has 0 bridgehead atoms.